The summed E-state index contributed by atoms with van der Waals surface area (Å²) in [7, 11) is 0. The molecule has 0 bridgehead atoms. The summed E-state index contributed by atoms with van der Waals surface area (Å²) in [6.07, 6.45) is 0. The van der Waals surface area contributed by atoms with Crippen molar-refractivity contribution in [2.24, 2.45) is 0 Å². The number of anilines is 3. The van der Waals surface area contributed by atoms with Gasteiger partial charge in [-0.15, -0.1) is 0 Å². The van der Waals surface area contributed by atoms with E-state index in [1.165, 1.54) is 54.9 Å². The van der Waals surface area contributed by atoms with Gasteiger partial charge in [-0.2, -0.15) is 0 Å². The van der Waals surface area contributed by atoms with Crippen molar-refractivity contribution in [2.45, 2.75) is 0 Å². The normalized spacial score (nSPS) is 11.1. The molecular formula is C44H31N. The minimum absolute atomic E-state index is 1.11. The first-order chi connectivity index (χ1) is 22.3. The summed E-state index contributed by atoms with van der Waals surface area (Å²) in [6.45, 7) is 0. The molecule has 212 valence electrons. The molecule has 0 unspecified atom stereocenters. The summed E-state index contributed by atoms with van der Waals surface area (Å²) in [5.74, 6) is 0. The van der Waals surface area contributed by atoms with Crippen LogP contribution in [0.4, 0.5) is 17.1 Å². The minimum atomic E-state index is 1.11. The Hall–Kier alpha value is -5.92. The molecule has 0 radical (unpaired) electrons. The van der Waals surface area contributed by atoms with E-state index in [0.29, 0.717) is 0 Å². The first kappa shape index (κ1) is 26.7. The summed E-state index contributed by atoms with van der Waals surface area (Å²) in [6, 6.07) is 67.7. The van der Waals surface area contributed by atoms with E-state index in [2.05, 4.69) is 193 Å². The third-order valence-electron chi connectivity index (χ3n) is 8.64. The van der Waals surface area contributed by atoms with Gasteiger partial charge in [0, 0.05) is 17.1 Å². The lowest BCUT2D eigenvalue weighted by molar-refractivity contribution is 1.28. The molecule has 8 rings (SSSR count). The fourth-order valence-electron chi connectivity index (χ4n) is 6.46. The van der Waals surface area contributed by atoms with Crippen molar-refractivity contribution in [1.82, 2.24) is 0 Å². The fourth-order valence-corrected chi connectivity index (χ4v) is 6.46. The van der Waals surface area contributed by atoms with Crippen LogP contribution in [0, 0.1) is 0 Å². The number of hydrogen-bond donors (Lipinski definition) is 0. The van der Waals surface area contributed by atoms with Crippen molar-refractivity contribution >= 4 is 38.6 Å². The Bertz CT molecular complexity index is 2250. The van der Waals surface area contributed by atoms with Gasteiger partial charge in [-0.05, 0) is 91.3 Å². The highest BCUT2D eigenvalue weighted by Crippen LogP contribution is 2.40. The van der Waals surface area contributed by atoms with Gasteiger partial charge >= 0.3 is 0 Å². The van der Waals surface area contributed by atoms with Gasteiger partial charge in [-0.3, -0.25) is 0 Å². The SMILES string of the molecule is c1ccc(-c2cccc(N(c3ccc(-c4cccc5ccccc45)cc3)c3cccc(-c4cccc5ccccc45)c3)c2)cc1. The molecule has 0 fully saturated rings. The third-order valence-corrected chi connectivity index (χ3v) is 8.64. The van der Waals surface area contributed by atoms with Gasteiger partial charge < -0.3 is 4.90 Å². The molecule has 0 saturated carbocycles. The van der Waals surface area contributed by atoms with E-state index in [9.17, 15) is 0 Å². The number of hydrogen-bond acceptors (Lipinski definition) is 1. The molecule has 0 saturated heterocycles. The zero-order valence-electron chi connectivity index (χ0n) is 24.8. The van der Waals surface area contributed by atoms with E-state index >= 15 is 0 Å². The average molecular weight is 574 g/mol. The Morgan fingerprint density at radius 3 is 1.38 bits per heavy atom. The van der Waals surface area contributed by atoms with Gasteiger partial charge in [0.2, 0.25) is 0 Å². The molecule has 8 aromatic rings. The van der Waals surface area contributed by atoms with Crippen LogP contribution in [0.2, 0.25) is 0 Å². The van der Waals surface area contributed by atoms with E-state index in [0.717, 1.165) is 17.1 Å². The van der Waals surface area contributed by atoms with Crippen LogP contribution in [-0.4, -0.2) is 0 Å². The molecule has 0 atom stereocenters. The molecule has 0 amide bonds. The molecule has 1 heteroatoms. The first-order valence-corrected chi connectivity index (χ1v) is 15.4. The highest BCUT2D eigenvalue weighted by Gasteiger charge is 2.16. The Morgan fingerprint density at radius 1 is 0.267 bits per heavy atom. The number of nitrogens with zero attached hydrogens (tertiary/aromatic N) is 1. The number of rotatable bonds is 6. The van der Waals surface area contributed by atoms with Gasteiger partial charge in [0.05, 0.1) is 0 Å². The van der Waals surface area contributed by atoms with Crippen molar-refractivity contribution in [3.05, 3.63) is 188 Å². The first-order valence-electron chi connectivity index (χ1n) is 15.4. The maximum atomic E-state index is 2.37. The van der Waals surface area contributed by atoms with E-state index < -0.39 is 0 Å². The van der Waals surface area contributed by atoms with Gasteiger partial charge in [0.25, 0.3) is 0 Å². The Balaban J connectivity index is 1.27. The van der Waals surface area contributed by atoms with Crippen molar-refractivity contribution in [1.29, 1.82) is 0 Å². The Morgan fingerprint density at radius 2 is 0.733 bits per heavy atom. The summed E-state index contributed by atoms with van der Waals surface area (Å²) in [5, 5.41) is 5.03. The van der Waals surface area contributed by atoms with Crippen LogP contribution in [0.15, 0.2) is 188 Å². The number of fused-ring (bicyclic) bond motifs is 2. The van der Waals surface area contributed by atoms with E-state index in [-0.39, 0.29) is 0 Å². The lowest BCUT2D eigenvalue weighted by atomic mass is 9.97. The smallest absolute Gasteiger partial charge is 0.0467 e. The summed E-state index contributed by atoms with van der Waals surface area (Å²) >= 11 is 0. The predicted octanol–water partition coefficient (Wildman–Crippen LogP) is 12.5. The monoisotopic (exact) mass is 573 g/mol. The van der Waals surface area contributed by atoms with Gasteiger partial charge in [0.1, 0.15) is 0 Å². The van der Waals surface area contributed by atoms with E-state index in [1.54, 1.807) is 0 Å². The second-order valence-corrected chi connectivity index (χ2v) is 11.4. The van der Waals surface area contributed by atoms with Gasteiger partial charge in [-0.25, -0.2) is 0 Å². The third kappa shape index (κ3) is 5.15. The largest absolute Gasteiger partial charge is 0.310 e. The molecular weight excluding hydrogens is 542 g/mol. The minimum Gasteiger partial charge on any atom is -0.310 e. The van der Waals surface area contributed by atoms with Crippen molar-refractivity contribution < 1.29 is 0 Å². The van der Waals surface area contributed by atoms with Crippen LogP contribution in [0.3, 0.4) is 0 Å². The molecule has 0 aliphatic rings. The zero-order chi connectivity index (χ0) is 30.0. The second kappa shape index (κ2) is 11.6. The Kier molecular flexibility index (Phi) is 6.90. The number of benzene rings is 8. The lowest BCUT2D eigenvalue weighted by Gasteiger charge is -2.27. The highest BCUT2D eigenvalue weighted by atomic mass is 15.1. The molecule has 0 spiro atoms. The fraction of sp³-hybridized carbons (Fsp3) is 0. The maximum absolute atomic E-state index is 2.37. The summed E-state index contributed by atoms with van der Waals surface area (Å²) < 4.78 is 0. The standard InChI is InChI=1S/C44H31N/c1-2-12-32(13-3-1)36-18-8-20-39(30-36)45(38-28-26-35(27-29-38)43-24-10-16-33-14-4-6-22-41(33)43)40-21-9-19-37(31-40)44-25-11-17-34-15-5-7-23-42(34)44/h1-31H. The summed E-state index contributed by atoms with van der Waals surface area (Å²) in [4.78, 5) is 2.37. The molecule has 0 heterocycles. The molecule has 1 nitrogen and oxygen atoms in total. The predicted molar refractivity (Wildman–Crippen MR) is 192 cm³/mol. The van der Waals surface area contributed by atoms with Crippen molar-refractivity contribution in [3.63, 3.8) is 0 Å². The lowest BCUT2D eigenvalue weighted by Crippen LogP contribution is -2.10. The zero-order valence-corrected chi connectivity index (χ0v) is 24.8. The highest BCUT2D eigenvalue weighted by molar-refractivity contribution is 5.98. The van der Waals surface area contributed by atoms with E-state index in [4.69, 9.17) is 0 Å². The molecule has 0 aliphatic carbocycles. The topological polar surface area (TPSA) is 3.24 Å². The molecule has 0 N–H and O–H groups in total. The quantitative estimate of drug-likeness (QED) is 0.191. The van der Waals surface area contributed by atoms with Crippen LogP contribution in [0.1, 0.15) is 0 Å². The molecule has 8 aromatic carbocycles. The van der Waals surface area contributed by atoms with Crippen LogP contribution >= 0.6 is 0 Å². The summed E-state index contributed by atoms with van der Waals surface area (Å²) in [5.41, 5.74) is 10.6. The Labute approximate surface area is 264 Å². The van der Waals surface area contributed by atoms with Crippen LogP contribution < -0.4 is 4.90 Å². The van der Waals surface area contributed by atoms with Crippen LogP contribution in [0.25, 0.3) is 54.9 Å². The van der Waals surface area contributed by atoms with Crippen LogP contribution in [-0.2, 0) is 0 Å². The molecule has 45 heavy (non-hydrogen) atoms. The average Bonchev–Trinajstić information content (AvgIpc) is 3.12. The van der Waals surface area contributed by atoms with Crippen molar-refractivity contribution in [2.75, 3.05) is 4.90 Å². The van der Waals surface area contributed by atoms with Crippen LogP contribution in [0.5, 0.6) is 0 Å². The molecule has 0 aromatic heterocycles. The molecule has 0 aliphatic heterocycles. The van der Waals surface area contributed by atoms with Crippen molar-refractivity contribution in [3.8, 4) is 33.4 Å². The van der Waals surface area contributed by atoms with E-state index in [1.807, 2.05) is 0 Å². The second-order valence-electron chi connectivity index (χ2n) is 11.4. The van der Waals surface area contributed by atoms with Gasteiger partial charge in [-0.1, -0.05) is 152 Å². The van der Waals surface area contributed by atoms with Gasteiger partial charge in [0.15, 0.2) is 0 Å². The maximum Gasteiger partial charge on any atom is 0.0467 e.